The second-order valence-electron chi connectivity index (χ2n) is 3.87. The van der Waals surface area contributed by atoms with E-state index in [1.54, 1.807) is 10.7 Å². The molecular formula is C11H14BrN5OS. The van der Waals surface area contributed by atoms with Gasteiger partial charge in [-0.2, -0.15) is 0 Å². The molecule has 0 saturated carbocycles. The smallest absolute Gasteiger partial charge is 0.183 e. The van der Waals surface area contributed by atoms with Crippen LogP contribution >= 0.6 is 15.9 Å². The van der Waals surface area contributed by atoms with E-state index in [2.05, 4.69) is 31.5 Å². The van der Waals surface area contributed by atoms with E-state index in [1.807, 2.05) is 19.1 Å². The number of nitrogens with zero attached hydrogens (tertiary/aromatic N) is 4. The number of hydrogen-bond donors (Lipinski definition) is 1. The predicted molar refractivity (Wildman–Crippen MR) is 78.9 cm³/mol. The van der Waals surface area contributed by atoms with Crippen molar-refractivity contribution in [2.24, 2.45) is 0 Å². The van der Waals surface area contributed by atoms with Crippen molar-refractivity contribution in [3.05, 3.63) is 22.7 Å². The monoisotopic (exact) mass is 343 g/mol. The lowest BCUT2D eigenvalue weighted by molar-refractivity contribution is 0.624. The van der Waals surface area contributed by atoms with Gasteiger partial charge < -0.3 is 5.73 Å². The molecule has 1 aromatic heterocycles. The first-order valence-corrected chi connectivity index (χ1v) is 8.07. The third-order valence-electron chi connectivity index (χ3n) is 2.65. The number of benzene rings is 1. The lowest BCUT2D eigenvalue weighted by atomic mass is 10.2. The van der Waals surface area contributed by atoms with Crippen molar-refractivity contribution in [2.45, 2.75) is 13.5 Å². The fraction of sp³-hybridized carbons (Fsp3) is 0.364. The minimum Gasteiger partial charge on any atom is -0.398 e. The molecule has 0 bridgehead atoms. The molecule has 1 unspecified atom stereocenters. The van der Waals surface area contributed by atoms with Crippen molar-refractivity contribution in [1.82, 2.24) is 20.2 Å². The lowest BCUT2D eigenvalue weighted by Gasteiger charge is -2.07. The van der Waals surface area contributed by atoms with E-state index < -0.39 is 10.8 Å². The Labute approximate surface area is 122 Å². The van der Waals surface area contributed by atoms with Crippen LogP contribution in [0, 0.1) is 0 Å². The van der Waals surface area contributed by atoms with Crippen LogP contribution in [0.25, 0.3) is 11.4 Å². The van der Waals surface area contributed by atoms with Crippen LogP contribution in [0.4, 0.5) is 5.69 Å². The Morgan fingerprint density at radius 1 is 1.47 bits per heavy atom. The zero-order valence-electron chi connectivity index (χ0n) is 10.4. The molecule has 1 aromatic carbocycles. The fourth-order valence-electron chi connectivity index (χ4n) is 1.60. The van der Waals surface area contributed by atoms with Gasteiger partial charge in [0.05, 0.1) is 11.0 Å². The Kier molecular flexibility index (Phi) is 4.65. The van der Waals surface area contributed by atoms with Crippen molar-refractivity contribution in [2.75, 3.05) is 17.2 Å². The average Bonchev–Trinajstić information content (AvgIpc) is 2.87. The molecular weight excluding hydrogens is 330 g/mol. The van der Waals surface area contributed by atoms with Crippen LogP contribution in [0.15, 0.2) is 22.7 Å². The number of aromatic nitrogens is 4. The maximum atomic E-state index is 11.5. The van der Waals surface area contributed by atoms with E-state index in [0.717, 1.165) is 10.0 Å². The molecule has 1 heterocycles. The van der Waals surface area contributed by atoms with E-state index in [-0.39, 0.29) is 0 Å². The second-order valence-corrected chi connectivity index (χ2v) is 6.53. The molecule has 0 aliphatic rings. The number of nitrogens with two attached hydrogens (primary N) is 1. The number of aryl methyl sites for hydroxylation is 1. The van der Waals surface area contributed by atoms with Gasteiger partial charge in [0.15, 0.2) is 5.82 Å². The average molecular weight is 344 g/mol. The van der Waals surface area contributed by atoms with Crippen LogP contribution in [0.5, 0.6) is 0 Å². The van der Waals surface area contributed by atoms with E-state index in [0.29, 0.717) is 29.6 Å². The summed E-state index contributed by atoms with van der Waals surface area (Å²) in [6.07, 6.45) is 0. The number of rotatable bonds is 5. The van der Waals surface area contributed by atoms with Gasteiger partial charge in [-0.25, -0.2) is 4.68 Å². The van der Waals surface area contributed by atoms with Crippen molar-refractivity contribution >= 4 is 32.4 Å². The summed E-state index contributed by atoms with van der Waals surface area (Å²) in [5, 5.41) is 11.6. The van der Waals surface area contributed by atoms with Gasteiger partial charge in [-0.3, -0.25) is 4.21 Å². The molecule has 2 N–H and O–H groups in total. The molecule has 2 rings (SSSR count). The van der Waals surface area contributed by atoms with Crippen molar-refractivity contribution in [1.29, 1.82) is 0 Å². The second kappa shape index (κ2) is 6.25. The maximum absolute atomic E-state index is 11.5. The van der Waals surface area contributed by atoms with E-state index in [1.165, 1.54) is 0 Å². The zero-order chi connectivity index (χ0) is 13.8. The van der Waals surface area contributed by atoms with Gasteiger partial charge >= 0.3 is 0 Å². The Morgan fingerprint density at radius 2 is 2.26 bits per heavy atom. The van der Waals surface area contributed by atoms with Crippen molar-refractivity contribution < 1.29 is 4.21 Å². The minimum absolute atomic E-state index is 0.518. The first-order valence-electron chi connectivity index (χ1n) is 5.79. The molecule has 6 nitrogen and oxygen atoms in total. The quantitative estimate of drug-likeness (QED) is 0.830. The topological polar surface area (TPSA) is 86.7 Å². The summed E-state index contributed by atoms with van der Waals surface area (Å²) in [6, 6.07) is 5.53. The van der Waals surface area contributed by atoms with Gasteiger partial charge in [0.2, 0.25) is 0 Å². The molecule has 0 fully saturated rings. The molecule has 0 radical (unpaired) electrons. The summed E-state index contributed by atoms with van der Waals surface area (Å²) < 4.78 is 13.9. The summed E-state index contributed by atoms with van der Waals surface area (Å²) in [7, 11) is -0.839. The molecule has 0 spiro atoms. The van der Waals surface area contributed by atoms with Crippen LogP contribution < -0.4 is 5.73 Å². The van der Waals surface area contributed by atoms with Gasteiger partial charge in [-0.15, -0.1) is 5.10 Å². The normalized spacial score (nSPS) is 12.5. The van der Waals surface area contributed by atoms with Crippen LogP contribution in [-0.2, 0) is 17.3 Å². The van der Waals surface area contributed by atoms with Crippen LogP contribution in [0.1, 0.15) is 6.92 Å². The number of hydrogen-bond acceptors (Lipinski definition) is 5. The van der Waals surface area contributed by atoms with Gasteiger partial charge in [0.1, 0.15) is 0 Å². The van der Waals surface area contributed by atoms with Gasteiger partial charge in [0, 0.05) is 33.6 Å². The van der Waals surface area contributed by atoms with E-state index in [4.69, 9.17) is 5.73 Å². The number of halogens is 1. The molecule has 0 amide bonds. The van der Waals surface area contributed by atoms with Crippen LogP contribution in [0.2, 0.25) is 0 Å². The SMILES string of the molecule is CCS(=O)CCn1nnnc1-c1cccc(N)c1Br. The van der Waals surface area contributed by atoms with Gasteiger partial charge in [0.25, 0.3) is 0 Å². The Bertz CT molecular complexity index is 601. The third kappa shape index (κ3) is 3.19. The molecule has 102 valence electrons. The summed E-state index contributed by atoms with van der Waals surface area (Å²) in [5.41, 5.74) is 7.30. The highest BCUT2D eigenvalue weighted by molar-refractivity contribution is 9.10. The highest BCUT2D eigenvalue weighted by Gasteiger charge is 2.13. The summed E-state index contributed by atoms with van der Waals surface area (Å²) in [5.74, 6) is 1.79. The van der Waals surface area contributed by atoms with Gasteiger partial charge in [-0.05, 0) is 38.5 Å². The van der Waals surface area contributed by atoms with E-state index in [9.17, 15) is 4.21 Å². The standard InChI is InChI=1S/C11H14BrN5OS/c1-2-19(18)7-6-17-11(14-15-16-17)8-4-3-5-9(13)10(8)12/h3-5H,2,6-7,13H2,1H3. The Balaban J connectivity index is 2.29. The minimum atomic E-state index is -0.839. The molecule has 19 heavy (non-hydrogen) atoms. The predicted octanol–water partition coefficient (Wildman–Crippen LogP) is 1.45. The molecule has 0 saturated heterocycles. The van der Waals surface area contributed by atoms with Crippen LogP contribution in [0.3, 0.4) is 0 Å². The first kappa shape index (κ1) is 14.1. The highest BCUT2D eigenvalue weighted by Crippen LogP contribution is 2.30. The van der Waals surface area contributed by atoms with Crippen molar-refractivity contribution in [3.63, 3.8) is 0 Å². The summed E-state index contributed by atoms with van der Waals surface area (Å²) in [4.78, 5) is 0. The molecule has 2 aromatic rings. The Hall–Kier alpha value is -1.28. The third-order valence-corrected chi connectivity index (χ3v) is 4.82. The number of nitrogen functional groups attached to an aromatic ring is 1. The maximum Gasteiger partial charge on any atom is 0.183 e. The van der Waals surface area contributed by atoms with E-state index >= 15 is 0 Å². The van der Waals surface area contributed by atoms with Gasteiger partial charge in [-0.1, -0.05) is 13.0 Å². The van der Waals surface area contributed by atoms with Crippen molar-refractivity contribution in [3.8, 4) is 11.4 Å². The summed E-state index contributed by atoms with van der Waals surface area (Å²) >= 11 is 3.44. The zero-order valence-corrected chi connectivity index (χ0v) is 12.8. The number of tetrazole rings is 1. The molecule has 0 aliphatic carbocycles. The number of anilines is 1. The lowest BCUT2D eigenvalue weighted by Crippen LogP contribution is -2.11. The Morgan fingerprint density at radius 3 is 3.00 bits per heavy atom. The van der Waals surface area contributed by atoms with Crippen LogP contribution in [-0.4, -0.2) is 35.9 Å². The summed E-state index contributed by atoms with van der Waals surface area (Å²) in [6.45, 7) is 2.41. The largest absolute Gasteiger partial charge is 0.398 e. The highest BCUT2D eigenvalue weighted by atomic mass is 79.9. The fourth-order valence-corrected chi connectivity index (χ4v) is 2.71. The molecule has 1 atom stereocenters. The molecule has 0 aliphatic heterocycles. The molecule has 8 heteroatoms. The first-order chi connectivity index (χ1) is 9.13.